The van der Waals surface area contributed by atoms with Crippen LogP contribution in [0.3, 0.4) is 0 Å². The lowest BCUT2D eigenvalue weighted by Crippen LogP contribution is -2.50. The second-order valence-electron chi connectivity index (χ2n) is 5.76. The van der Waals surface area contributed by atoms with Gasteiger partial charge in [0.2, 0.25) is 0 Å². The molecule has 27 heavy (non-hydrogen) atoms. The van der Waals surface area contributed by atoms with E-state index >= 15 is 0 Å². The molecule has 0 aliphatic rings. The third-order valence-electron chi connectivity index (χ3n) is 4.25. The number of hydrogen-bond donors (Lipinski definition) is 1. The van der Waals surface area contributed by atoms with Gasteiger partial charge in [0.1, 0.15) is 0 Å². The Labute approximate surface area is 159 Å². The number of methoxy groups -OCH3 is 1. The highest BCUT2D eigenvalue weighted by molar-refractivity contribution is 6.03. The van der Waals surface area contributed by atoms with Crippen LogP contribution in [0, 0.1) is 11.3 Å². The van der Waals surface area contributed by atoms with E-state index in [1.54, 1.807) is 38.1 Å². The van der Waals surface area contributed by atoms with E-state index in [9.17, 15) is 14.8 Å². The van der Waals surface area contributed by atoms with Gasteiger partial charge in [0.05, 0.1) is 31.5 Å². The van der Waals surface area contributed by atoms with Crippen LogP contribution in [-0.2, 0) is 23.8 Å². The number of carbonyl (C=O) groups excluding carboxylic acids is 2. The van der Waals surface area contributed by atoms with Gasteiger partial charge in [-0.15, -0.1) is 11.7 Å². The summed E-state index contributed by atoms with van der Waals surface area (Å²) in [7, 11) is 1.45. The summed E-state index contributed by atoms with van der Waals surface area (Å²) in [5, 5.41) is 12.4. The molecule has 0 fully saturated rings. The van der Waals surface area contributed by atoms with Crippen molar-refractivity contribution in [3.05, 3.63) is 48.6 Å². The van der Waals surface area contributed by atoms with Crippen molar-refractivity contribution in [3.8, 4) is 0 Å². The molecule has 0 unspecified atom stereocenters. The first-order chi connectivity index (χ1) is 13.0. The van der Waals surface area contributed by atoms with E-state index in [4.69, 9.17) is 14.2 Å². The van der Waals surface area contributed by atoms with Gasteiger partial charge in [-0.3, -0.25) is 9.59 Å². The standard InChI is InChI=1S/C20H27NO6/c1-5-13-20(18(22)26-6-2,19(23)27-7-3)16(14-21-24)17(25-4)15-11-9-8-10-12-15/h5,8-12,14,16-17,24H,1,6-7,13H2,2-4H3/b21-14+/t16-,17+/m1/s1. The van der Waals surface area contributed by atoms with E-state index in [-0.39, 0.29) is 19.6 Å². The number of ether oxygens (including phenoxy) is 3. The zero-order chi connectivity index (χ0) is 20.3. The van der Waals surface area contributed by atoms with Gasteiger partial charge in [0, 0.05) is 7.11 Å². The maximum Gasteiger partial charge on any atom is 0.324 e. The molecule has 0 radical (unpaired) electrons. The fourth-order valence-corrected chi connectivity index (χ4v) is 3.07. The summed E-state index contributed by atoms with van der Waals surface area (Å²) in [6.45, 7) is 7.09. The zero-order valence-electron chi connectivity index (χ0n) is 16.0. The van der Waals surface area contributed by atoms with Gasteiger partial charge in [-0.25, -0.2) is 0 Å². The monoisotopic (exact) mass is 377 g/mol. The Bertz CT molecular complexity index is 625. The Morgan fingerprint density at radius 1 is 1.19 bits per heavy atom. The van der Waals surface area contributed by atoms with Gasteiger partial charge >= 0.3 is 11.9 Å². The Hall–Kier alpha value is -2.67. The van der Waals surface area contributed by atoms with Crippen molar-refractivity contribution in [2.24, 2.45) is 16.5 Å². The lowest BCUT2D eigenvalue weighted by molar-refractivity contribution is -0.178. The number of benzene rings is 1. The van der Waals surface area contributed by atoms with Crippen molar-refractivity contribution in [2.75, 3.05) is 20.3 Å². The number of oxime groups is 1. The van der Waals surface area contributed by atoms with Crippen LogP contribution in [0.5, 0.6) is 0 Å². The molecule has 0 aromatic heterocycles. The molecule has 1 rings (SSSR count). The first kappa shape index (κ1) is 22.4. The van der Waals surface area contributed by atoms with Crippen LogP contribution in [0.25, 0.3) is 0 Å². The van der Waals surface area contributed by atoms with E-state index in [1.165, 1.54) is 13.2 Å². The zero-order valence-corrected chi connectivity index (χ0v) is 16.0. The van der Waals surface area contributed by atoms with Crippen molar-refractivity contribution in [2.45, 2.75) is 26.4 Å². The van der Waals surface area contributed by atoms with Gasteiger partial charge in [-0.2, -0.15) is 0 Å². The first-order valence-electron chi connectivity index (χ1n) is 8.73. The van der Waals surface area contributed by atoms with Crippen molar-refractivity contribution < 1.29 is 29.0 Å². The predicted molar refractivity (Wildman–Crippen MR) is 100 cm³/mol. The maximum atomic E-state index is 13.0. The molecular formula is C20H27NO6. The van der Waals surface area contributed by atoms with Crippen molar-refractivity contribution in [1.29, 1.82) is 0 Å². The second kappa shape index (κ2) is 11.1. The normalized spacial score (nSPS) is 13.7. The number of hydrogen-bond acceptors (Lipinski definition) is 7. The van der Waals surface area contributed by atoms with Crippen LogP contribution < -0.4 is 0 Å². The fourth-order valence-electron chi connectivity index (χ4n) is 3.07. The lowest BCUT2D eigenvalue weighted by atomic mass is 9.69. The molecule has 0 bridgehead atoms. The number of rotatable bonds is 11. The van der Waals surface area contributed by atoms with Crippen molar-refractivity contribution >= 4 is 18.2 Å². The van der Waals surface area contributed by atoms with Gasteiger partial charge in [0.25, 0.3) is 0 Å². The maximum absolute atomic E-state index is 13.0. The topological polar surface area (TPSA) is 94.4 Å². The molecule has 1 aromatic carbocycles. The summed E-state index contributed by atoms with van der Waals surface area (Å²) in [5.74, 6) is -2.57. The minimum atomic E-state index is -1.81. The smallest absolute Gasteiger partial charge is 0.324 e. The highest BCUT2D eigenvalue weighted by atomic mass is 16.6. The van der Waals surface area contributed by atoms with Crippen LogP contribution in [0.15, 0.2) is 48.1 Å². The molecule has 7 heteroatoms. The number of nitrogens with zero attached hydrogens (tertiary/aromatic N) is 1. The summed E-state index contributed by atoms with van der Waals surface area (Å²) >= 11 is 0. The molecule has 1 N–H and O–H groups in total. The summed E-state index contributed by atoms with van der Waals surface area (Å²) in [6, 6.07) is 9.03. The second-order valence-corrected chi connectivity index (χ2v) is 5.76. The van der Waals surface area contributed by atoms with Crippen LogP contribution in [0.4, 0.5) is 0 Å². The third-order valence-corrected chi connectivity index (χ3v) is 4.25. The van der Waals surface area contributed by atoms with E-state index in [1.807, 2.05) is 6.07 Å². The molecule has 0 aliphatic heterocycles. The van der Waals surface area contributed by atoms with Gasteiger partial charge < -0.3 is 19.4 Å². The van der Waals surface area contributed by atoms with Crippen LogP contribution in [-0.4, -0.2) is 43.7 Å². The number of allylic oxidation sites excluding steroid dienone is 1. The molecule has 0 saturated carbocycles. The molecule has 7 nitrogen and oxygen atoms in total. The Morgan fingerprint density at radius 3 is 2.15 bits per heavy atom. The molecule has 0 aliphatic carbocycles. The highest BCUT2D eigenvalue weighted by Gasteiger charge is 2.56. The minimum Gasteiger partial charge on any atom is -0.465 e. The number of esters is 2. The van der Waals surface area contributed by atoms with Crippen molar-refractivity contribution in [1.82, 2.24) is 0 Å². The quantitative estimate of drug-likeness (QED) is 0.159. The van der Waals surface area contributed by atoms with Crippen LogP contribution in [0.2, 0.25) is 0 Å². The SMILES string of the molecule is C=CCC(C(=O)OCC)(C(=O)OCC)[C@H](/C=N/O)[C@@H](OC)c1ccccc1. The van der Waals surface area contributed by atoms with Gasteiger partial charge in [-0.1, -0.05) is 36.4 Å². The first-order valence-corrected chi connectivity index (χ1v) is 8.73. The van der Waals surface area contributed by atoms with Crippen LogP contribution >= 0.6 is 0 Å². The highest BCUT2D eigenvalue weighted by Crippen LogP contribution is 2.43. The van der Waals surface area contributed by atoms with E-state index in [0.717, 1.165) is 6.21 Å². The molecule has 148 valence electrons. The largest absolute Gasteiger partial charge is 0.465 e. The summed E-state index contributed by atoms with van der Waals surface area (Å²) in [4.78, 5) is 25.9. The lowest BCUT2D eigenvalue weighted by Gasteiger charge is -2.37. The van der Waals surface area contributed by atoms with Crippen molar-refractivity contribution in [3.63, 3.8) is 0 Å². The molecule has 0 saturated heterocycles. The van der Waals surface area contributed by atoms with E-state index in [2.05, 4.69) is 11.7 Å². The predicted octanol–water partition coefficient (Wildman–Crippen LogP) is 3.14. The van der Waals surface area contributed by atoms with E-state index in [0.29, 0.717) is 5.56 Å². The average Bonchev–Trinajstić information content (AvgIpc) is 2.67. The Morgan fingerprint density at radius 2 is 1.74 bits per heavy atom. The van der Waals surface area contributed by atoms with E-state index < -0.39 is 29.4 Å². The minimum absolute atomic E-state index is 0.0725. The summed E-state index contributed by atoms with van der Waals surface area (Å²) in [5.41, 5.74) is -1.11. The molecule has 0 spiro atoms. The molecule has 2 atom stereocenters. The molecule has 1 aromatic rings. The molecule has 0 heterocycles. The molecular weight excluding hydrogens is 350 g/mol. The average molecular weight is 377 g/mol. The molecule has 0 amide bonds. The van der Waals surface area contributed by atoms with Crippen LogP contribution in [0.1, 0.15) is 31.9 Å². The fraction of sp³-hybridized carbons (Fsp3) is 0.450. The summed E-state index contributed by atoms with van der Waals surface area (Å²) in [6.07, 6.45) is 1.70. The van der Waals surface area contributed by atoms with Gasteiger partial charge in [-0.05, 0) is 25.8 Å². The van der Waals surface area contributed by atoms with Gasteiger partial charge in [0.15, 0.2) is 5.41 Å². The Balaban J connectivity index is 3.65. The summed E-state index contributed by atoms with van der Waals surface area (Å²) < 4.78 is 16.0. The third kappa shape index (κ3) is 4.95. The Kier molecular flexibility index (Phi) is 9.22. The number of carbonyl (C=O) groups is 2.